The molecule has 0 atom stereocenters. The van der Waals surface area contributed by atoms with Crippen molar-refractivity contribution in [1.82, 2.24) is 19.9 Å². The van der Waals surface area contributed by atoms with Crippen LogP contribution >= 0.6 is 0 Å². The van der Waals surface area contributed by atoms with Crippen LogP contribution in [0.15, 0.2) is 14.2 Å². The molecule has 4 heterocycles. The topological polar surface area (TPSA) is 87.4 Å². The molecular formula is C18H23N5O2. The van der Waals surface area contributed by atoms with Crippen LogP contribution < -0.4 is 5.56 Å². The summed E-state index contributed by atoms with van der Waals surface area (Å²) in [5, 5.41) is 0. The lowest BCUT2D eigenvalue weighted by molar-refractivity contribution is 0.238. The average molecular weight is 341 g/mol. The van der Waals surface area contributed by atoms with Crippen molar-refractivity contribution in [2.24, 2.45) is 4.99 Å². The number of aryl methyl sites for hydroxylation is 2. The molecule has 2 aliphatic heterocycles. The molecule has 2 aromatic rings. The molecule has 0 amide bonds. The van der Waals surface area contributed by atoms with Crippen molar-refractivity contribution in [2.45, 2.75) is 52.6 Å². The van der Waals surface area contributed by atoms with Crippen LogP contribution in [0.4, 0.5) is 0 Å². The summed E-state index contributed by atoms with van der Waals surface area (Å²) in [7, 11) is 0. The maximum atomic E-state index is 12.6. The number of H-pyrrole nitrogens is 1. The minimum atomic E-state index is -0.0361. The summed E-state index contributed by atoms with van der Waals surface area (Å²) in [6, 6.07) is 0. The van der Waals surface area contributed by atoms with Gasteiger partial charge < -0.3 is 9.40 Å². The maximum Gasteiger partial charge on any atom is 0.255 e. The van der Waals surface area contributed by atoms with E-state index in [4.69, 9.17) is 9.40 Å². The lowest BCUT2D eigenvalue weighted by atomic mass is 10.0. The van der Waals surface area contributed by atoms with Crippen molar-refractivity contribution < 1.29 is 4.42 Å². The monoisotopic (exact) mass is 341 g/mol. The quantitative estimate of drug-likeness (QED) is 0.921. The lowest BCUT2D eigenvalue weighted by Gasteiger charge is -2.27. The Morgan fingerprint density at radius 2 is 2.08 bits per heavy atom. The van der Waals surface area contributed by atoms with Gasteiger partial charge in [-0.3, -0.25) is 14.7 Å². The molecule has 132 valence electrons. The van der Waals surface area contributed by atoms with E-state index < -0.39 is 0 Å². The fraction of sp³-hybridized carbons (Fsp3) is 0.556. The van der Waals surface area contributed by atoms with Crippen LogP contribution in [0.25, 0.3) is 0 Å². The van der Waals surface area contributed by atoms with Crippen molar-refractivity contribution in [3.8, 4) is 0 Å². The van der Waals surface area contributed by atoms with Gasteiger partial charge in [-0.2, -0.15) is 0 Å². The number of rotatable bonds is 3. The molecule has 0 aliphatic carbocycles. The van der Waals surface area contributed by atoms with Gasteiger partial charge in [-0.05, 0) is 26.2 Å². The molecule has 1 N–H and O–H groups in total. The summed E-state index contributed by atoms with van der Waals surface area (Å²) < 4.78 is 5.50. The van der Waals surface area contributed by atoms with Gasteiger partial charge in [0.2, 0.25) is 0 Å². The SMILES string of the molecule is Cc1nc(CN2CCc3nc(C4=NCCCC4)[nH]c(=O)c3C2)c(C)o1. The van der Waals surface area contributed by atoms with Crippen molar-refractivity contribution in [1.29, 1.82) is 0 Å². The van der Waals surface area contributed by atoms with Crippen molar-refractivity contribution >= 4 is 5.71 Å². The summed E-state index contributed by atoms with van der Waals surface area (Å²) in [5.74, 6) is 2.20. The second kappa shape index (κ2) is 6.55. The molecule has 0 saturated carbocycles. The zero-order valence-electron chi connectivity index (χ0n) is 14.8. The first-order valence-corrected chi connectivity index (χ1v) is 8.91. The van der Waals surface area contributed by atoms with Crippen molar-refractivity contribution in [2.75, 3.05) is 13.1 Å². The van der Waals surface area contributed by atoms with E-state index in [1.54, 1.807) is 0 Å². The molecule has 0 saturated heterocycles. The zero-order valence-corrected chi connectivity index (χ0v) is 14.8. The molecule has 7 nitrogen and oxygen atoms in total. The maximum absolute atomic E-state index is 12.6. The van der Waals surface area contributed by atoms with Gasteiger partial charge in [0.15, 0.2) is 11.7 Å². The summed E-state index contributed by atoms with van der Waals surface area (Å²) >= 11 is 0. The van der Waals surface area contributed by atoms with E-state index in [1.807, 2.05) is 13.8 Å². The molecule has 0 unspecified atom stereocenters. The van der Waals surface area contributed by atoms with E-state index in [1.165, 1.54) is 0 Å². The van der Waals surface area contributed by atoms with Gasteiger partial charge in [0.05, 0.1) is 22.7 Å². The van der Waals surface area contributed by atoms with Crippen LogP contribution in [0.2, 0.25) is 0 Å². The fourth-order valence-corrected chi connectivity index (χ4v) is 3.57. The van der Waals surface area contributed by atoms with Gasteiger partial charge in [-0.1, -0.05) is 0 Å². The van der Waals surface area contributed by atoms with Crippen molar-refractivity contribution in [3.63, 3.8) is 0 Å². The highest BCUT2D eigenvalue weighted by molar-refractivity contribution is 5.97. The molecule has 0 radical (unpaired) electrons. The number of fused-ring (bicyclic) bond motifs is 1. The summed E-state index contributed by atoms with van der Waals surface area (Å²) in [5.41, 5.74) is 3.53. The van der Waals surface area contributed by atoms with E-state index >= 15 is 0 Å². The van der Waals surface area contributed by atoms with Crippen LogP contribution in [0.1, 0.15) is 53.7 Å². The molecule has 0 fully saturated rings. The predicted octanol–water partition coefficient (Wildman–Crippen LogP) is 1.91. The minimum Gasteiger partial charge on any atom is -0.446 e. The Balaban J connectivity index is 1.56. The molecule has 4 rings (SSSR count). The first-order chi connectivity index (χ1) is 12.1. The first-order valence-electron chi connectivity index (χ1n) is 8.91. The molecule has 0 aromatic carbocycles. The highest BCUT2D eigenvalue weighted by atomic mass is 16.4. The Labute approximate surface area is 146 Å². The zero-order chi connectivity index (χ0) is 17.4. The van der Waals surface area contributed by atoms with E-state index in [9.17, 15) is 4.79 Å². The summed E-state index contributed by atoms with van der Waals surface area (Å²) in [6.07, 6.45) is 3.91. The Morgan fingerprint density at radius 1 is 1.20 bits per heavy atom. The number of aliphatic imine (C=N–C) groups is 1. The molecular weight excluding hydrogens is 318 g/mol. The third kappa shape index (κ3) is 3.28. The van der Waals surface area contributed by atoms with Gasteiger partial charge in [0.25, 0.3) is 5.56 Å². The number of hydrogen-bond acceptors (Lipinski definition) is 6. The van der Waals surface area contributed by atoms with Crippen LogP contribution in [-0.2, 0) is 19.5 Å². The second-order valence-corrected chi connectivity index (χ2v) is 6.82. The largest absolute Gasteiger partial charge is 0.446 e. The number of hydrogen-bond donors (Lipinski definition) is 1. The van der Waals surface area contributed by atoms with Gasteiger partial charge >= 0.3 is 0 Å². The summed E-state index contributed by atoms with van der Waals surface area (Å²) in [4.78, 5) is 31.4. The average Bonchev–Trinajstić information content (AvgIpc) is 2.93. The minimum absolute atomic E-state index is 0.0361. The molecule has 0 spiro atoms. The van der Waals surface area contributed by atoms with Crippen LogP contribution in [0, 0.1) is 13.8 Å². The lowest BCUT2D eigenvalue weighted by Crippen LogP contribution is -2.36. The van der Waals surface area contributed by atoms with E-state index in [0.29, 0.717) is 24.8 Å². The Morgan fingerprint density at radius 3 is 2.80 bits per heavy atom. The van der Waals surface area contributed by atoms with Crippen LogP contribution in [0.3, 0.4) is 0 Å². The number of oxazole rings is 1. The number of aromatic nitrogens is 3. The van der Waals surface area contributed by atoms with E-state index in [-0.39, 0.29) is 5.56 Å². The number of nitrogens with one attached hydrogen (secondary N) is 1. The Kier molecular flexibility index (Phi) is 4.25. The van der Waals surface area contributed by atoms with Gasteiger partial charge in [0, 0.05) is 39.5 Å². The van der Waals surface area contributed by atoms with Gasteiger partial charge in [-0.15, -0.1) is 0 Å². The smallest absolute Gasteiger partial charge is 0.255 e. The predicted molar refractivity (Wildman–Crippen MR) is 93.9 cm³/mol. The standard InChI is InChI=1S/C18H23N5O2/c1-11-16(20-12(2)25-11)10-23-8-6-14-13(9-23)18(24)22-17(21-14)15-5-3-4-7-19-15/h3-10H2,1-2H3,(H,21,22,24). The third-order valence-electron chi connectivity index (χ3n) is 4.92. The number of nitrogens with zero attached hydrogens (tertiary/aromatic N) is 4. The molecule has 0 bridgehead atoms. The number of aromatic amines is 1. The highest BCUT2D eigenvalue weighted by Crippen LogP contribution is 2.19. The summed E-state index contributed by atoms with van der Waals surface area (Å²) in [6.45, 7) is 6.76. The molecule has 2 aliphatic rings. The van der Waals surface area contributed by atoms with Crippen LogP contribution in [-0.4, -0.2) is 38.7 Å². The second-order valence-electron chi connectivity index (χ2n) is 6.82. The Bertz CT molecular complexity index is 880. The van der Waals surface area contributed by atoms with E-state index in [0.717, 1.165) is 67.2 Å². The van der Waals surface area contributed by atoms with Gasteiger partial charge in [-0.25, -0.2) is 9.97 Å². The molecule has 25 heavy (non-hydrogen) atoms. The highest BCUT2D eigenvalue weighted by Gasteiger charge is 2.24. The third-order valence-corrected chi connectivity index (χ3v) is 4.92. The molecule has 2 aromatic heterocycles. The Hall–Kier alpha value is -2.28. The van der Waals surface area contributed by atoms with Gasteiger partial charge in [0.1, 0.15) is 5.76 Å². The van der Waals surface area contributed by atoms with Crippen LogP contribution in [0.5, 0.6) is 0 Å². The molecule has 7 heteroatoms. The van der Waals surface area contributed by atoms with E-state index in [2.05, 4.69) is 19.9 Å². The normalized spacial score (nSPS) is 18.1. The fourth-order valence-electron chi connectivity index (χ4n) is 3.57. The first kappa shape index (κ1) is 16.2. The van der Waals surface area contributed by atoms with Crippen molar-refractivity contribution in [3.05, 3.63) is 44.8 Å².